The van der Waals surface area contributed by atoms with Crippen LogP contribution in [0.4, 0.5) is 0 Å². The second-order valence-corrected chi connectivity index (χ2v) is 1.15. The molecule has 0 nitrogen and oxygen atoms in total. The molecule has 1 rings (SSSR count). The van der Waals surface area contributed by atoms with E-state index in [0.29, 0.717) is 0 Å². The summed E-state index contributed by atoms with van der Waals surface area (Å²) in [6.45, 7) is 0. The molecule has 0 saturated carbocycles. The van der Waals surface area contributed by atoms with Crippen LogP contribution in [0.15, 0.2) is 36.4 Å². The molecule has 0 unspecified atom stereocenters. The van der Waals surface area contributed by atoms with Crippen molar-refractivity contribution in [2.75, 3.05) is 0 Å². The Morgan fingerprint density at radius 1 is 0.308 bits per heavy atom. The summed E-state index contributed by atoms with van der Waals surface area (Å²) in [5.41, 5.74) is 0. The predicted octanol–water partition coefficient (Wildman–Crippen LogP) is 4.39. The van der Waals surface area contributed by atoms with Gasteiger partial charge in [0.05, 0.1) is 0 Å². The van der Waals surface area contributed by atoms with Crippen molar-refractivity contribution in [3.63, 3.8) is 0 Å². The van der Waals surface area contributed by atoms with E-state index in [-0.39, 0.29) is 64.0 Å². The first-order chi connectivity index (χ1) is 3.00. The van der Waals surface area contributed by atoms with Gasteiger partial charge in [0.15, 0.2) is 0 Å². The van der Waals surface area contributed by atoms with Crippen molar-refractivity contribution >= 4 is 0 Å². The van der Waals surface area contributed by atoms with Gasteiger partial charge in [-0.15, -0.1) is 0 Å². The fourth-order valence-electron chi connectivity index (χ4n) is 0.385. The molecule has 0 N–H and O–H groups in total. The molecule has 0 bridgehead atoms. The van der Waals surface area contributed by atoms with Crippen molar-refractivity contribution < 1.29 is 19.5 Å². The molecule has 0 spiro atoms. The van der Waals surface area contributed by atoms with Crippen LogP contribution in [0.3, 0.4) is 0 Å². The molecule has 0 fully saturated rings. The van der Waals surface area contributed by atoms with E-state index < -0.39 is 0 Å². The summed E-state index contributed by atoms with van der Waals surface area (Å²) < 4.78 is 0. The van der Waals surface area contributed by atoms with Gasteiger partial charge in [-0.25, -0.2) is 0 Å². The molecule has 0 atom stereocenters. The Balaban J connectivity index is -0.0000000103. The smallest absolute Gasteiger partial charge is 0.358 e. The Morgan fingerprint density at radius 2 is 0.385 bits per heavy atom. The van der Waals surface area contributed by atoms with Gasteiger partial charge in [-0.05, 0) is 0 Å². The van der Waals surface area contributed by atoms with Gasteiger partial charge in [0.2, 0.25) is 0 Å². The van der Waals surface area contributed by atoms with E-state index in [1.165, 1.54) is 0 Å². The summed E-state index contributed by atoms with van der Waals surface area (Å²) >= 11 is 0. The third-order valence-corrected chi connectivity index (χ3v) is 0.667. The van der Waals surface area contributed by atoms with Crippen LogP contribution in [0.25, 0.3) is 0 Å². The van der Waals surface area contributed by atoms with Crippen molar-refractivity contribution in [1.29, 1.82) is 0 Å². The third-order valence-electron chi connectivity index (χ3n) is 0.667. The van der Waals surface area contributed by atoms with E-state index in [2.05, 4.69) is 0 Å². The molecule has 0 aliphatic carbocycles. The Bertz CT molecular complexity index is 77.0. The average Bonchev–Trinajstić information content (AvgIpc) is 1.72. The van der Waals surface area contributed by atoms with Crippen LogP contribution < -0.4 is 0 Å². The average molecular weight is 269 g/mol. The minimum atomic E-state index is 0. The maximum Gasteiger partial charge on any atom is 6.00 e. The molecular formula is C12H24Ru. The van der Waals surface area contributed by atoms with Crippen molar-refractivity contribution in [3.8, 4) is 0 Å². The fourth-order valence-corrected chi connectivity index (χ4v) is 0.385. The second kappa shape index (κ2) is 40.8. The van der Waals surface area contributed by atoms with Crippen molar-refractivity contribution in [2.45, 2.75) is 0 Å². The maximum absolute atomic E-state index is 2.00. The molecule has 0 aliphatic heterocycles. The topological polar surface area (TPSA) is 0 Å². The van der Waals surface area contributed by atoms with Crippen LogP contribution in [0.5, 0.6) is 0 Å². The molecule has 1 aromatic rings. The van der Waals surface area contributed by atoms with Crippen molar-refractivity contribution in [2.24, 2.45) is 0 Å². The van der Waals surface area contributed by atoms with Crippen LogP contribution in [0, 0.1) is 44.6 Å². The first-order valence-corrected chi connectivity index (χ1v) is 2.00. The number of hydrogen-bond acceptors (Lipinski definition) is 0. The SMILES string of the molecule is [CH3-].[CH3-].[CH3-].[CH3-].[CH3-].[CH3-].[Ru+6].c1ccccc1. The van der Waals surface area contributed by atoms with Gasteiger partial charge in [-0.3, -0.25) is 0 Å². The summed E-state index contributed by atoms with van der Waals surface area (Å²) in [6.07, 6.45) is 0. The summed E-state index contributed by atoms with van der Waals surface area (Å²) in [6, 6.07) is 12.0. The van der Waals surface area contributed by atoms with E-state index in [4.69, 9.17) is 0 Å². The normalized spacial score (nSPS) is 3.69. The number of rotatable bonds is 0. The van der Waals surface area contributed by atoms with Crippen LogP contribution in [-0.2, 0) is 19.5 Å². The summed E-state index contributed by atoms with van der Waals surface area (Å²) in [7, 11) is 0. The molecule has 80 valence electrons. The predicted molar refractivity (Wildman–Crippen MR) is 64.9 cm³/mol. The Labute approximate surface area is 101 Å². The molecule has 0 heterocycles. The van der Waals surface area contributed by atoms with Gasteiger partial charge in [-0.2, -0.15) is 0 Å². The minimum absolute atomic E-state index is 0. The van der Waals surface area contributed by atoms with E-state index in [0.717, 1.165) is 0 Å². The van der Waals surface area contributed by atoms with Gasteiger partial charge in [0, 0.05) is 0 Å². The minimum Gasteiger partial charge on any atom is -0.358 e. The first-order valence-electron chi connectivity index (χ1n) is 2.00. The van der Waals surface area contributed by atoms with Crippen molar-refractivity contribution in [3.05, 3.63) is 81.0 Å². The molecule has 1 aromatic carbocycles. The largest absolute Gasteiger partial charge is 6.00 e. The Kier molecular flexibility index (Phi) is 166. The Morgan fingerprint density at radius 3 is 0.462 bits per heavy atom. The monoisotopic (exact) mass is 270 g/mol. The van der Waals surface area contributed by atoms with Crippen molar-refractivity contribution in [1.82, 2.24) is 0 Å². The quantitative estimate of drug-likeness (QED) is 0.484. The van der Waals surface area contributed by atoms with Crippen LogP contribution in [0.2, 0.25) is 0 Å². The molecule has 0 radical (unpaired) electrons. The zero-order chi connectivity index (χ0) is 4.24. The zero-order valence-corrected chi connectivity index (χ0v) is 11.6. The van der Waals surface area contributed by atoms with Gasteiger partial charge in [0.25, 0.3) is 0 Å². The van der Waals surface area contributed by atoms with Gasteiger partial charge >= 0.3 is 19.5 Å². The summed E-state index contributed by atoms with van der Waals surface area (Å²) in [5.74, 6) is 0. The standard InChI is InChI=1S/C6H6.6CH3.Ru/c1-2-4-6-5-3-1;;;;;;;/h1-6H;6*1H3;/q;6*-1;+6. The van der Waals surface area contributed by atoms with Gasteiger partial charge in [-0.1, -0.05) is 36.4 Å². The summed E-state index contributed by atoms with van der Waals surface area (Å²) in [4.78, 5) is 0. The first kappa shape index (κ1) is 52.8. The molecule has 0 amide bonds. The number of benzene rings is 1. The van der Waals surface area contributed by atoms with E-state index in [1.807, 2.05) is 36.4 Å². The van der Waals surface area contributed by atoms with Crippen LogP contribution in [0.1, 0.15) is 0 Å². The van der Waals surface area contributed by atoms with Crippen LogP contribution >= 0.6 is 0 Å². The Hall–Kier alpha value is -0.157. The third kappa shape index (κ3) is 33.6. The fraction of sp³-hybridized carbons (Fsp3) is 0. The number of hydrogen-bond donors (Lipinski definition) is 0. The second-order valence-electron chi connectivity index (χ2n) is 1.15. The molecular weight excluding hydrogens is 245 g/mol. The molecule has 0 saturated heterocycles. The van der Waals surface area contributed by atoms with E-state index >= 15 is 0 Å². The molecule has 0 aliphatic rings. The molecule has 13 heavy (non-hydrogen) atoms. The molecule has 1 heteroatoms. The van der Waals surface area contributed by atoms with E-state index in [1.54, 1.807) is 0 Å². The van der Waals surface area contributed by atoms with E-state index in [9.17, 15) is 0 Å². The maximum atomic E-state index is 2.00. The van der Waals surface area contributed by atoms with Gasteiger partial charge < -0.3 is 44.6 Å². The zero-order valence-electron chi connectivity index (χ0n) is 9.82. The van der Waals surface area contributed by atoms with Gasteiger partial charge in [0.1, 0.15) is 0 Å². The molecule has 0 aromatic heterocycles. The van der Waals surface area contributed by atoms with Crippen LogP contribution in [-0.4, -0.2) is 0 Å². The summed E-state index contributed by atoms with van der Waals surface area (Å²) in [5, 5.41) is 0.